The number of esters is 1. The average molecular weight is 357 g/mol. The van der Waals surface area contributed by atoms with Crippen LogP contribution in [0.4, 0.5) is 5.00 Å². The van der Waals surface area contributed by atoms with E-state index in [4.69, 9.17) is 4.74 Å². The molecule has 1 N–H and O–H groups in total. The van der Waals surface area contributed by atoms with Crippen LogP contribution in [0.5, 0.6) is 0 Å². The van der Waals surface area contributed by atoms with Crippen molar-refractivity contribution in [1.29, 1.82) is 0 Å². The van der Waals surface area contributed by atoms with Gasteiger partial charge in [0.2, 0.25) is 5.91 Å². The highest BCUT2D eigenvalue weighted by atomic mass is 32.2. The van der Waals surface area contributed by atoms with Crippen LogP contribution in [0.15, 0.2) is 0 Å². The Morgan fingerprint density at radius 3 is 2.91 bits per heavy atom. The summed E-state index contributed by atoms with van der Waals surface area (Å²) < 4.78 is 5.20. The molecule has 1 aliphatic heterocycles. The zero-order chi connectivity index (χ0) is 16.8. The van der Waals surface area contributed by atoms with E-state index in [9.17, 15) is 9.59 Å². The number of thioether (sulfide) groups is 1. The summed E-state index contributed by atoms with van der Waals surface area (Å²) in [6, 6.07) is 0. The van der Waals surface area contributed by atoms with Gasteiger partial charge in [-0.2, -0.15) is 11.8 Å². The number of likely N-dealkylation sites (N-methyl/N-ethyl adjacent to an activating group) is 1. The maximum absolute atomic E-state index is 12.3. The maximum atomic E-state index is 12.3. The third kappa shape index (κ3) is 4.71. The molecule has 1 amide bonds. The highest BCUT2D eigenvalue weighted by Gasteiger charge is 2.28. The summed E-state index contributed by atoms with van der Waals surface area (Å²) in [5.74, 6) is 0.606. The topological polar surface area (TPSA) is 58.6 Å². The average Bonchev–Trinajstić information content (AvgIpc) is 2.84. The number of carbonyl (C=O) groups is 2. The predicted octanol–water partition coefficient (Wildman–Crippen LogP) is 2.99. The van der Waals surface area contributed by atoms with Gasteiger partial charge in [-0.1, -0.05) is 0 Å². The highest BCUT2D eigenvalue weighted by molar-refractivity contribution is 7.98. The summed E-state index contributed by atoms with van der Waals surface area (Å²) >= 11 is 3.24. The van der Waals surface area contributed by atoms with Gasteiger partial charge in [0.15, 0.2) is 0 Å². The third-order valence-corrected chi connectivity index (χ3v) is 5.56. The third-order valence-electron chi connectivity index (χ3n) is 3.73. The summed E-state index contributed by atoms with van der Waals surface area (Å²) in [5.41, 5.74) is 1.61. The minimum Gasteiger partial charge on any atom is -0.462 e. The van der Waals surface area contributed by atoms with Gasteiger partial charge >= 0.3 is 5.97 Å². The van der Waals surface area contributed by atoms with E-state index < -0.39 is 0 Å². The van der Waals surface area contributed by atoms with Crippen molar-refractivity contribution in [2.24, 2.45) is 0 Å². The number of fused-ring (bicyclic) bond motifs is 1. The number of carbonyl (C=O) groups excluding carboxylic acids is 2. The van der Waals surface area contributed by atoms with Crippen molar-refractivity contribution in [3.05, 3.63) is 16.0 Å². The van der Waals surface area contributed by atoms with E-state index in [0.29, 0.717) is 23.6 Å². The Morgan fingerprint density at radius 1 is 1.43 bits per heavy atom. The van der Waals surface area contributed by atoms with E-state index in [-0.39, 0.29) is 11.9 Å². The van der Waals surface area contributed by atoms with Crippen LogP contribution in [0.1, 0.15) is 40.6 Å². The molecule has 1 aromatic heterocycles. The Hall–Kier alpha value is -1.05. The molecule has 0 unspecified atom stereocenters. The smallest absolute Gasteiger partial charge is 0.341 e. The van der Waals surface area contributed by atoms with Crippen LogP contribution >= 0.6 is 23.1 Å². The van der Waals surface area contributed by atoms with Crippen molar-refractivity contribution in [2.45, 2.75) is 32.7 Å². The second-order valence-corrected chi connectivity index (χ2v) is 7.65. The number of ether oxygens (including phenoxy) is 1. The fourth-order valence-electron chi connectivity index (χ4n) is 2.60. The molecule has 0 aromatic carbocycles. The molecule has 1 aliphatic rings. The minimum atomic E-state index is -0.325. The summed E-state index contributed by atoms with van der Waals surface area (Å²) in [6.45, 7) is 3.86. The van der Waals surface area contributed by atoms with Crippen molar-refractivity contribution in [3.63, 3.8) is 0 Å². The van der Waals surface area contributed by atoms with E-state index in [0.717, 1.165) is 42.1 Å². The zero-order valence-electron chi connectivity index (χ0n) is 13.9. The summed E-state index contributed by atoms with van der Waals surface area (Å²) in [4.78, 5) is 27.8. The van der Waals surface area contributed by atoms with Gasteiger partial charge in [0.1, 0.15) is 5.00 Å². The Bertz CT molecular complexity index is 572. The van der Waals surface area contributed by atoms with Gasteiger partial charge in [0.25, 0.3) is 0 Å². The fourth-order valence-corrected chi connectivity index (χ4v) is 4.37. The molecule has 0 saturated heterocycles. The number of nitrogens with zero attached hydrogens (tertiary/aromatic N) is 1. The number of hydrogen-bond acceptors (Lipinski definition) is 6. The second-order valence-electron chi connectivity index (χ2n) is 5.56. The fraction of sp³-hybridized carbons (Fsp3) is 0.625. The molecule has 23 heavy (non-hydrogen) atoms. The van der Waals surface area contributed by atoms with Crippen molar-refractivity contribution in [2.75, 3.05) is 37.5 Å². The van der Waals surface area contributed by atoms with Crippen LogP contribution in [0.3, 0.4) is 0 Å². The molecule has 2 rings (SSSR count). The first-order chi connectivity index (χ1) is 11.1. The summed E-state index contributed by atoms with van der Waals surface area (Å²) in [6.07, 6.45) is 4.17. The lowest BCUT2D eigenvalue weighted by Gasteiger charge is -2.22. The highest BCUT2D eigenvalue weighted by Crippen LogP contribution is 2.37. The van der Waals surface area contributed by atoms with Crippen LogP contribution in [-0.2, 0) is 22.5 Å². The van der Waals surface area contributed by atoms with Gasteiger partial charge in [0, 0.05) is 24.4 Å². The normalized spacial score (nSPS) is 14.4. The van der Waals surface area contributed by atoms with Crippen LogP contribution in [0.25, 0.3) is 0 Å². The van der Waals surface area contributed by atoms with Gasteiger partial charge in [-0.25, -0.2) is 4.79 Å². The number of nitrogens with one attached hydrogen (secondary N) is 1. The molecule has 0 bridgehead atoms. The molecule has 5 nitrogen and oxygen atoms in total. The Labute approximate surface area is 145 Å². The zero-order valence-corrected chi connectivity index (χ0v) is 15.6. The van der Waals surface area contributed by atoms with Crippen LogP contribution < -0.4 is 5.32 Å². The molecule has 0 saturated carbocycles. The van der Waals surface area contributed by atoms with Crippen molar-refractivity contribution in [3.8, 4) is 0 Å². The monoisotopic (exact) mass is 356 g/mol. The Balaban J connectivity index is 2.20. The molecule has 128 valence electrons. The Kier molecular flexibility index (Phi) is 6.92. The van der Waals surface area contributed by atoms with Gasteiger partial charge in [-0.05, 0) is 44.4 Å². The summed E-state index contributed by atoms with van der Waals surface area (Å²) in [5, 5.41) is 3.58. The van der Waals surface area contributed by atoms with Gasteiger partial charge in [-0.15, -0.1) is 11.3 Å². The van der Waals surface area contributed by atoms with E-state index >= 15 is 0 Å². The molecular formula is C16H24N2O3S2. The number of amides is 1. The summed E-state index contributed by atoms with van der Waals surface area (Å²) in [7, 11) is 2.06. The first kappa shape index (κ1) is 18.3. The molecule has 0 radical (unpaired) electrons. The molecule has 0 aliphatic carbocycles. The lowest BCUT2D eigenvalue weighted by Crippen LogP contribution is -2.26. The molecule has 1 aromatic rings. The van der Waals surface area contributed by atoms with E-state index in [1.165, 1.54) is 11.3 Å². The van der Waals surface area contributed by atoms with Gasteiger partial charge < -0.3 is 15.0 Å². The predicted molar refractivity (Wildman–Crippen MR) is 96.6 cm³/mol. The number of thiophene rings is 1. The maximum Gasteiger partial charge on any atom is 0.341 e. The van der Waals surface area contributed by atoms with Crippen molar-refractivity contribution < 1.29 is 14.3 Å². The standard InChI is InChI=1S/C16H24N2O3S2/c1-4-21-16(20)14-11-7-8-18(2)10-12(11)23-15(14)17-13(19)6-5-9-22-3/h4-10H2,1-3H3,(H,17,19). The first-order valence-corrected chi connectivity index (χ1v) is 10.1. The molecule has 0 fully saturated rings. The van der Waals surface area contributed by atoms with Crippen LogP contribution in [0.2, 0.25) is 0 Å². The SMILES string of the molecule is CCOC(=O)c1c(NC(=O)CCCSC)sc2c1CCN(C)C2. The number of anilines is 1. The molecule has 2 heterocycles. The van der Waals surface area contributed by atoms with E-state index in [2.05, 4.69) is 17.3 Å². The first-order valence-electron chi connectivity index (χ1n) is 7.85. The molecule has 7 heteroatoms. The van der Waals surface area contributed by atoms with E-state index in [1.807, 2.05) is 6.26 Å². The number of rotatable bonds is 7. The quantitative estimate of drug-likeness (QED) is 0.601. The van der Waals surface area contributed by atoms with Crippen LogP contribution in [0, 0.1) is 0 Å². The molecular weight excluding hydrogens is 332 g/mol. The van der Waals surface area contributed by atoms with Crippen molar-refractivity contribution in [1.82, 2.24) is 4.90 Å². The van der Waals surface area contributed by atoms with Crippen molar-refractivity contribution >= 4 is 40.0 Å². The van der Waals surface area contributed by atoms with Gasteiger partial charge in [-0.3, -0.25) is 4.79 Å². The lowest BCUT2D eigenvalue weighted by molar-refractivity contribution is -0.116. The lowest BCUT2D eigenvalue weighted by atomic mass is 10.0. The second kappa shape index (κ2) is 8.70. The Morgan fingerprint density at radius 2 is 2.22 bits per heavy atom. The van der Waals surface area contributed by atoms with Crippen LogP contribution in [-0.4, -0.2) is 49.0 Å². The van der Waals surface area contributed by atoms with Gasteiger partial charge in [0.05, 0.1) is 12.2 Å². The van der Waals surface area contributed by atoms with E-state index in [1.54, 1.807) is 18.7 Å². The molecule has 0 spiro atoms. The largest absolute Gasteiger partial charge is 0.462 e. The number of hydrogen-bond donors (Lipinski definition) is 1. The molecule has 0 atom stereocenters. The minimum absolute atomic E-state index is 0.0310.